The summed E-state index contributed by atoms with van der Waals surface area (Å²) in [5, 5.41) is 3.03. The third-order valence-corrected chi connectivity index (χ3v) is 13.1. The number of nitrogens with one attached hydrogen (secondary N) is 1. The number of allylic oxidation sites excluding steroid dienone is 7. The highest BCUT2D eigenvalue weighted by atomic mass is 31.2. The van der Waals surface area contributed by atoms with Crippen LogP contribution in [0.1, 0.15) is 245 Å². The second-order valence-electron chi connectivity index (χ2n) is 19.8. The Kier molecular flexibility index (Phi) is 45.3. The average molecular weight is 950 g/mol. The molecule has 0 aromatic heterocycles. The van der Waals surface area contributed by atoms with Crippen LogP contribution < -0.4 is 5.32 Å². The lowest BCUT2D eigenvalue weighted by Gasteiger charge is -2.27. The first-order chi connectivity index (χ1) is 31.9. The van der Waals surface area contributed by atoms with Crippen molar-refractivity contribution < 1.29 is 37.3 Å². The number of carbonyl (C=O) groups excluding carboxylic acids is 2. The minimum Gasteiger partial charge on any atom is -0.456 e. The molecule has 9 nitrogen and oxygen atoms in total. The molecule has 0 aliphatic rings. The summed E-state index contributed by atoms with van der Waals surface area (Å²) in [7, 11) is 1.48. The Bertz CT molecular complexity index is 1280. The predicted molar refractivity (Wildman–Crippen MR) is 282 cm³/mol. The first-order valence-corrected chi connectivity index (χ1v) is 29.0. The van der Waals surface area contributed by atoms with Crippen molar-refractivity contribution >= 4 is 19.7 Å². The second-order valence-corrected chi connectivity index (χ2v) is 21.2. The molecule has 10 heteroatoms. The van der Waals surface area contributed by atoms with E-state index >= 15 is 0 Å². The molecule has 0 aromatic carbocycles. The van der Waals surface area contributed by atoms with E-state index in [4.69, 9.17) is 13.8 Å². The van der Waals surface area contributed by atoms with E-state index in [2.05, 4.69) is 62.5 Å². The number of quaternary nitrogens is 1. The predicted octanol–water partition coefficient (Wildman–Crippen LogP) is 16.2. The molecule has 0 aliphatic carbocycles. The Hall–Kier alpha value is -2.03. The SMILES string of the molecule is CC/C=C/C=C/C=C\CCCCCCCC(=O)NC(COP(=O)(O)OCC[N+](C)(C)C)C(/C=C/CCCCCCCCCCCCC)OC(=O)CCCCCCCCCCCCCCCC. The highest BCUT2D eigenvalue weighted by molar-refractivity contribution is 7.47. The van der Waals surface area contributed by atoms with Gasteiger partial charge in [-0.1, -0.05) is 230 Å². The van der Waals surface area contributed by atoms with E-state index in [1.807, 2.05) is 33.3 Å². The summed E-state index contributed by atoms with van der Waals surface area (Å²) in [5.74, 6) is -0.524. The number of hydrogen-bond donors (Lipinski definition) is 2. The molecule has 0 saturated heterocycles. The van der Waals surface area contributed by atoms with Crippen LogP contribution in [-0.2, 0) is 27.9 Å². The monoisotopic (exact) mass is 950 g/mol. The Morgan fingerprint density at radius 1 is 0.545 bits per heavy atom. The molecule has 386 valence electrons. The fraction of sp³-hybridized carbons (Fsp3) is 0.821. The normalized spacial score (nSPS) is 14.2. The number of phosphoric acid groups is 1. The van der Waals surface area contributed by atoms with Gasteiger partial charge in [-0.05, 0) is 51.0 Å². The van der Waals surface area contributed by atoms with Crippen LogP contribution in [0.25, 0.3) is 0 Å². The number of unbranched alkanes of at least 4 members (excludes halogenated alkanes) is 29. The third-order valence-electron chi connectivity index (χ3n) is 12.1. The van der Waals surface area contributed by atoms with E-state index < -0.39 is 20.0 Å². The summed E-state index contributed by atoms with van der Waals surface area (Å²) in [5.41, 5.74) is 0. The summed E-state index contributed by atoms with van der Waals surface area (Å²) in [6, 6.07) is -0.855. The van der Waals surface area contributed by atoms with Gasteiger partial charge in [0.15, 0.2) is 0 Å². The maximum absolute atomic E-state index is 13.4. The Balaban J connectivity index is 5.43. The molecule has 0 spiro atoms. The maximum atomic E-state index is 13.4. The van der Waals surface area contributed by atoms with Crippen molar-refractivity contribution in [3.05, 3.63) is 48.6 Å². The smallest absolute Gasteiger partial charge is 0.456 e. The van der Waals surface area contributed by atoms with E-state index in [9.17, 15) is 19.0 Å². The van der Waals surface area contributed by atoms with E-state index in [0.717, 1.165) is 83.5 Å². The Labute approximate surface area is 408 Å². The topological polar surface area (TPSA) is 111 Å². The number of hydrogen-bond acceptors (Lipinski definition) is 6. The lowest BCUT2D eigenvalue weighted by Crippen LogP contribution is -2.47. The van der Waals surface area contributed by atoms with Gasteiger partial charge in [-0.25, -0.2) is 4.57 Å². The summed E-state index contributed by atoms with van der Waals surface area (Å²) in [4.78, 5) is 37.5. The number of ether oxygens (including phenoxy) is 1. The second kappa shape index (κ2) is 46.7. The lowest BCUT2D eigenvalue weighted by atomic mass is 10.0. The minimum atomic E-state index is -4.44. The lowest BCUT2D eigenvalue weighted by molar-refractivity contribution is -0.870. The molecule has 2 N–H and O–H groups in total. The first-order valence-electron chi connectivity index (χ1n) is 27.5. The number of rotatable bonds is 49. The van der Waals surface area contributed by atoms with Gasteiger partial charge in [0.2, 0.25) is 5.91 Å². The molecular weight excluding hydrogens is 844 g/mol. The zero-order valence-corrected chi connectivity index (χ0v) is 44.8. The first kappa shape index (κ1) is 64.0. The summed E-state index contributed by atoms with van der Waals surface area (Å²) in [6.07, 6.45) is 55.3. The van der Waals surface area contributed by atoms with Gasteiger partial charge in [-0.3, -0.25) is 18.6 Å². The van der Waals surface area contributed by atoms with E-state index in [-0.39, 0.29) is 31.5 Å². The average Bonchev–Trinajstić information content (AvgIpc) is 3.27. The van der Waals surface area contributed by atoms with Crippen molar-refractivity contribution in [2.45, 2.75) is 258 Å². The van der Waals surface area contributed by atoms with Gasteiger partial charge >= 0.3 is 13.8 Å². The van der Waals surface area contributed by atoms with Gasteiger partial charge in [0.25, 0.3) is 0 Å². The molecule has 0 radical (unpaired) electrons. The Morgan fingerprint density at radius 2 is 0.970 bits per heavy atom. The molecule has 0 saturated carbocycles. The molecule has 0 aromatic rings. The van der Waals surface area contributed by atoms with Crippen molar-refractivity contribution in [3.63, 3.8) is 0 Å². The van der Waals surface area contributed by atoms with Gasteiger partial charge in [0, 0.05) is 12.8 Å². The fourth-order valence-electron chi connectivity index (χ4n) is 7.82. The Morgan fingerprint density at radius 3 is 1.44 bits per heavy atom. The van der Waals surface area contributed by atoms with Gasteiger partial charge in [0.05, 0.1) is 33.8 Å². The van der Waals surface area contributed by atoms with Crippen LogP contribution in [0.2, 0.25) is 0 Å². The molecular formula is C56H106N2O7P+. The molecule has 0 aliphatic heterocycles. The molecule has 66 heavy (non-hydrogen) atoms. The van der Waals surface area contributed by atoms with Crippen LogP contribution in [-0.4, -0.2) is 74.3 Å². The zero-order chi connectivity index (χ0) is 48.7. The summed E-state index contributed by atoms with van der Waals surface area (Å²) >= 11 is 0. The largest absolute Gasteiger partial charge is 0.472 e. The molecule has 3 unspecified atom stereocenters. The number of likely N-dealkylation sites (N-methyl/N-ethyl adjacent to an activating group) is 1. The van der Waals surface area contributed by atoms with Crippen LogP contribution >= 0.6 is 7.82 Å². The van der Waals surface area contributed by atoms with Crippen molar-refractivity contribution in [1.29, 1.82) is 0 Å². The standard InChI is InChI=1S/C56H105N2O7P/c1-7-10-13-16-19-22-25-28-31-34-37-40-43-46-49-56(60)65-54(47-44-41-38-35-32-29-26-23-20-17-14-11-8-2)53(52-64-66(61,62)63-51-50-58(4,5)6)57-55(59)48-45-42-39-36-33-30-27-24-21-18-15-12-9-3/h12,15,18,21,24,27,44,47,53-54H,7-11,13-14,16-17,19-20,22-23,25-26,28-43,45-46,48-52H2,1-6H3,(H-,57,59,61,62)/p+1/b15-12+,21-18+,27-24-,47-44+. The van der Waals surface area contributed by atoms with Gasteiger partial charge in [-0.2, -0.15) is 0 Å². The summed E-state index contributed by atoms with van der Waals surface area (Å²) in [6.45, 7) is 6.87. The highest BCUT2D eigenvalue weighted by Gasteiger charge is 2.30. The summed E-state index contributed by atoms with van der Waals surface area (Å²) < 4.78 is 30.5. The van der Waals surface area contributed by atoms with Crippen LogP contribution in [0.15, 0.2) is 48.6 Å². The molecule has 0 fully saturated rings. The highest BCUT2D eigenvalue weighted by Crippen LogP contribution is 2.43. The molecule has 0 heterocycles. The van der Waals surface area contributed by atoms with Crippen LogP contribution in [0.3, 0.4) is 0 Å². The molecule has 0 bridgehead atoms. The number of carbonyl (C=O) groups is 2. The van der Waals surface area contributed by atoms with Crippen molar-refractivity contribution in [3.8, 4) is 0 Å². The fourth-order valence-corrected chi connectivity index (χ4v) is 8.56. The van der Waals surface area contributed by atoms with Crippen LogP contribution in [0.5, 0.6) is 0 Å². The molecule has 1 amide bonds. The van der Waals surface area contributed by atoms with Gasteiger partial charge in [0.1, 0.15) is 19.3 Å². The number of esters is 1. The van der Waals surface area contributed by atoms with E-state index in [1.54, 1.807) is 0 Å². The number of amides is 1. The van der Waals surface area contributed by atoms with Crippen molar-refractivity contribution in [2.24, 2.45) is 0 Å². The van der Waals surface area contributed by atoms with E-state index in [1.165, 1.54) is 128 Å². The zero-order valence-electron chi connectivity index (χ0n) is 43.9. The van der Waals surface area contributed by atoms with Gasteiger partial charge in [-0.15, -0.1) is 0 Å². The van der Waals surface area contributed by atoms with E-state index in [0.29, 0.717) is 17.4 Å². The quantitative estimate of drug-likeness (QED) is 0.0156. The number of nitrogens with zero attached hydrogens (tertiary/aromatic N) is 1. The minimum absolute atomic E-state index is 0.0365. The van der Waals surface area contributed by atoms with Crippen molar-refractivity contribution in [1.82, 2.24) is 5.32 Å². The van der Waals surface area contributed by atoms with Crippen LogP contribution in [0, 0.1) is 0 Å². The van der Waals surface area contributed by atoms with Crippen LogP contribution in [0.4, 0.5) is 0 Å². The third kappa shape index (κ3) is 47.1. The maximum Gasteiger partial charge on any atom is 0.472 e. The molecule has 0 rings (SSSR count). The van der Waals surface area contributed by atoms with Gasteiger partial charge < -0.3 is 19.4 Å². The van der Waals surface area contributed by atoms with Crippen molar-refractivity contribution in [2.75, 3.05) is 40.9 Å². The number of phosphoric ester groups is 1. The molecule has 3 atom stereocenters.